The molecule has 0 radical (unpaired) electrons. The quantitative estimate of drug-likeness (QED) is 0.697. The summed E-state index contributed by atoms with van der Waals surface area (Å²) >= 11 is 0. The number of hydrogen-bond acceptors (Lipinski definition) is 3. The lowest BCUT2D eigenvalue weighted by Gasteiger charge is -2.06. The van der Waals surface area contributed by atoms with E-state index in [-0.39, 0.29) is 5.56 Å². The van der Waals surface area contributed by atoms with E-state index in [0.29, 0.717) is 5.71 Å². The van der Waals surface area contributed by atoms with E-state index in [1.54, 1.807) is 0 Å². The third kappa shape index (κ3) is 3.49. The molecule has 0 saturated carbocycles. The van der Waals surface area contributed by atoms with Crippen molar-refractivity contribution in [1.82, 2.24) is 0 Å². The lowest BCUT2D eigenvalue weighted by Crippen LogP contribution is -2.08. The van der Waals surface area contributed by atoms with E-state index in [1.165, 1.54) is 12.1 Å². The molecular weight excluding hydrogens is 290 g/mol. The fourth-order valence-electron chi connectivity index (χ4n) is 2.13. The van der Waals surface area contributed by atoms with Crippen molar-refractivity contribution in [2.45, 2.75) is 0 Å². The molecule has 23 heavy (non-hydrogen) atoms. The predicted molar refractivity (Wildman–Crippen MR) is 87.8 cm³/mol. The normalized spacial score (nSPS) is 10.1. The lowest BCUT2D eigenvalue weighted by atomic mass is 10.0. The van der Waals surface area contributed by atoms with Crippen LogP contribution in [0.5, 0.6) is 0 Å². The molecule has 0 bridgehead atoms. The van der Waals surface area contributed by atoms with Gasteiger partial charge >= 0.3 is 5.63 Å². The number of nitrogens with zero attached hydrogens (tertiary/aromatic N) is 1. The van der Waals surface area contributed by atoms with Gasteiger partial charge in [-0.15, -0.1) is 0 Å². The predicted octanol–water partition coefficient (Wildman–Crippen LogP) is 3.32. The van der Waals surface area contributed by atoms with Gasteiger partial charge in [-0.2, -0.15) is 0 Å². The van der Waals surface area contributed by atoms with Crippen molar-refractivity contribution in [2.24, 2.45) is 4.99 Å². The number of hydrogen-bond donors (Lipinski definition) is 0. The zero-order valence-electron chi connectivity index (χ0n) is 12.2. The Balaban J connectivity index is 2.06. The second-order valence-electron chi connectivity index (χ2n) is 4.84. The van der Waals surface area contributed by atoms with E-state index in [1.807, 2.05) is 60.7 Å². The van der Waals surface area contributed by atoms with Gasteiger partial charge in [-0.05, 0) is 6.07 Å². The summed E-state index contributed by atoms with van der Waals surface area (Å²) in [5.74, 6) is -0.462. The van der Waals surface area contributed by atoms with E-state index < -0.39 is 11.5 Å². The van der Waals surface area contributed by atoms with Crippen LogP contribution in [0.15, 0.2) is 93.3 Å². The van der Waals surface area contributed by atoms with Crippen molar-refractivity contribution in [3.8, 4) is 0 Å². The maximum Gasteiger partial charge on any atom is 0.335 e. The summed E-state index contributed by atoms with van der Waals surface area (Å²) in [5.41, 5.74) is 1.97. The molecule has 2 aromatic carbocycles. The van der Waals surface area contributed by atoms with Crippen molar-refractivity contribution in [2.75, 3.05) is 0 Å². The highest BCUT2D eigenvalue weighted by atomic mass is 16.4. The third-order valence-corrected chi connectivity index (χ3v) is 3.26. The van der Waals surface area contributed by atoms with Crippen molar-refractivity contribution in [3.05, 3.63) is 106 Å². The largest absolute Gasteiger partial charge is 0.430 e. The Morgan fingerprint density at radius 1 is 0.739 bits per heavy atom. The van der Waals surface area contributed by atoms with Crippen LogP contribution >= 0.6 is 0 Å². The van der Waals surface area contributed by atoms with E-state index in [2.05, 4.69) is 4.99 Å². The number of carbonyl (C=O) groups excluding carboxylic acids is 1. The fraction of sp³-hybridized carbons (Fsp3) is 0. The molecule has 1 heterocycles. The highest BCUT2D eigenvalue weighted by Gasteiger charge is 2.11. The molecule has 0 spiro atoms. The van der Waals surface area contributed by atoms with Crippen molar-refractivity contribution in [1.29, 1.82) is 0 Å². The molecule has 0 N–H and O–H groups in total. The number of carbonyl (C=O) groups is 1. The average molecular weight is 303 g/mol. The summed E-state index contributed by atoms with van der Waals surface area (Å²) in [6.07, 6.45) is 1.13. The smallest absolute Gasteiger partial charge is 0.335 e. The maximum atomic E-state index is 12.4. The Labute approximate surface area is 132 Å². The minimum Gasteiger partial charge on any atom is -0.430 e. The molecule has 0 saturated heterocycles. The van der Waals surface area contributed by atoms with Crippen LogP contribution in [0, 0.1) is 0 Å². The van der Waals surface area contributed by atoms with Crippen LogP contribution in [0.25, 0.3) is 0 Å². The summed E-state index contributed by atoms with van der Waals surface area (Å²) in [6, 6.07) is 21.5. The number of amides is 1. The van der Waals surface area contributed by atoms with Gasteiger partial charge in [0.25, 0.3) is 5.91 Å². The van der Waals surface area contributed by atoms with Crippen LogP contribution in [-0.2, 0) is 0 Å². The van der Waals surface area contributed by atoms with E-state index in [4.69, 9.17) is 4.42 Å². The van der Waals surface area contributed by atoms with Gasteiger partial charge in [-0.1, -0.05) is 60.7 Å². The summed E-state index contributed by atoms with van der Waals surface area (Å²) in [4.78, 5) is 27.6. The minimum absolute atomic E-state index is 0.231. The van der Waals surface area contributed by atoms with Crippen LogP contribution in [0.3, 0.4) is 0 Å². The summed E-state index contributed by atoms with van der Waals surface area (Å²) in [6.45, 7) is 0. The SMILES string of the molecule is O=C(N=C(c1ccccc1)c1ccccc1)c1ccc(=O)oc1. The Bertz CT molecular complexity index is 835. The Morgan fingerprint density at radius 3 is 1.78 bits per heavy atom. The fourth-order valence-corrected chi connectivity index (χ4v) is 2.13. The van der Waals surface area contributed by atoms with Crippen LogP contribution in [0.2, 0.25) is 0 Å². The van der Waals surface area contributed by atoms with Crippen LogP contribution in [-0.4, -0.2) is 11.6 Å². The molecule has 0 aliphatic carbocycles. The first kappa shape index (κ1) is 14.7. The summed E-state index contributed by atoms with van der Waals surface area (Å²) in [7, 11) is 0. The molecule has 4 nitrogen and oxygen atoms in total. The second-order valence-corrected chi connectivity index (χ2v) is 4.84. The number of aliphatic imine (C=N–C) groups is 1. The first-order valence-electron chi connectivity index (χ1n) is 7.07. The lowest BCUT2D eigenvalue weighted by molar-refractivity contribution is 0.100. The Kier molecular flexibility index (Phi) is 4.25. The van der Waals surface area contributed by atoms with Crippen LogP contribution in [0.4, 0.5) is 0 Å². The number of benzene rings is 2. The number of rotatable bonds is 3. The first-order valence-corrected chi connectivity index (χ1v) is 7.07. The van der Waals surface area contributed by atoms with Gasteiger partial charge in [-0.25, -0.2) is 9.79 Å². The molecule has 3 rings (SSSR count). The van der Waals surface area contributed by atoms with E-state index in [9.17, 15) is 9.59 Å². The van der Waals surface area contributed by atoms with Gasteiger partial charge in [0, 0.05) is 17.2 Å². The van der Waals surface area contributed by atoms with E-state index in [0.717, 1.165) is 17.4 Å². The van der Waals surface area contributed by atoms with Gasteiger partial charge in [0.05, 0.1) is 11.3 Å². The molecular formula is C19H13NO3. The highest BCUT2D eigenvalue weighted by molar-refractivity contribution is 6.18. The molecule has 1 amide bonds. The summed E-state index contributed by atoms with van der Waals surface area (Å²) in [5, 5.41) is 0. The van der Waals surface area contributed by atoms with Gasteiger partial charge in [-0.3, -0.25) is 4.79 Å². The highest BCUT2D eigenvalue weighted by Crippen LogP contribution is 2.12. The molecule has 4 heteroatoms. The standard InChI is InChI=1S/C19H13NO3/c21-17-12-11-16(13-23-17)19(22)20-18(14-7-3-1-4-8-14)15-9-5-2-6-10-15/h1-13H. The molecule has 0 atom stereocenters. The van der Waals surface area contributed by atoms with Crippen molar-refractivity contribution in [3.63, 3.8) is 0 Å². The molecule has 0 aliphatic rings. The monoisotopic (exact) mass is 303 g/mol. The van der Waals surface area contributed by atoms with Gasteiger partial charge in [0.2, 0.25) is 0 Å². The Morgan fingerprint density at radius 2 is 1.30 bits per heavy atom. The van der Waals surface area contributed by atoms with Crippen molar-refractivity contribution < 1.29 is 9.21 Å². The molecule has 1 aromatic heterocycles. The Hall–Kier alpha value is -3.27. The third-order valence-electron chi connectivity index (χ3n) is 3.26. The average Bonchev–Trinajstić information content (AvgIpc) is 2.61. The second kappa shape index (κ2) is 6.66. The van der Waals surface area contributed by atoms with Crippen LogP contribution < -0.4 is 5.63 Å². The molecule has 0 aliphatic heterocycles. The molecule has 112 valence electrons. The van der Waals surface area contributed by atoms with Gasteiger partial charge in [0.15, 0.2) is 0 Å². The van der Waals surface area contributed by atoms with Gasteiger partial charge in [0.1, 0.15) is 6.26 Å². The van der Waals surface area contributed by atoms with Crippen LogP contribution in [0.1, 0.15) is 21.5 Å². The first-order chi connectivity index (χ1) is 11.2. The topological polar surface area (TPSA) is 59.6 Å². The summed E-state index contributed by atoms with van der Waals surface area (Å²) < 4.78 is 4.73. The van der Waals surface area contributed by atoms with Gasteiger partial charge < -0.3 is 4.42 Å². The van der Waals surface area contributed by atoms with E-state index >= 15 is 0 Å². The van der Waals surface area contributed by atoms with Crippen molar-refractivity contribution >= 4 is 11.6 Å². The molecule has 0 unspecified atom stereocenters. The minimum atomic E-state index is -0.503. The maximum absolute atomic E-state index is 12.4. The molecule has 3 aromatic rings. The molecule has 0 fully saturated rings. The zero-order valence-corrected chi connectivity index (χ0v) is 12.2. The zero-order chi connectivity index (χ0) is 16.1.